The summed E-state index contributed by atoms with van der Waals surface area (Å²) in [4.78, 5) is 0. The molecule has 52 valence electrons. The molecule has 0 bridgehead atoms. The van der Waals surface area contributed by atoms with Crippen LogP contribution in [-0.2, 0) is 0 Å². The number of aliphatic hydroxyl groups excluding tert-OH is 1. The molecule has 1 aromatic carbocycles. The SMILES string of the molecule is [2H]/C(=C\c1ccccc1)CO. The highest BCUT2D eigenvalue weighted by atomic mass is 16.2. The molecule has 0 saturated carbocycles. The largest absolute Gasteiger partial charge is 0.392 e. The summed E-state index contributed by atoms with van der Waals surface area (Å²) in [7, 11) is 0. The van der Waals surface area contributed by atoms with Gasteiger partial charge in [0.1, 0.15) is 0 Å². The Balaban J connectivity index is 2.79. The predicted octanol–water partition coefficient (Wildman–Crippen LogP) is 1.69. The molecule has 1 heteroatoms. The normalized spacial score (nSPS) is 12.9. The fourth-order valence-corrected chi connectivity index (χ4v) is 0.713. The Hall–Kier alpha value is -1.08. The molecule has 10 heavy (non-hydrogen) atoms. The molecule has 0 saturated heterocycles. The van der Waals surface area contributed by atoms with Crippen molar-refractivity contribution >= 4 is 6.08 Å². The molecule has 0 unspecified atom stereocenters. The highest BCUT2D eigenvalue weighted by Gasteiger charge is 1.79. The van der Waals surface area contributed by atoms with Crippen molar-refractivity contribution in [3.05, 3.63) is 41.9 Å². The first kappa shape index (κ1) is 5.69. The minimum Gasteiger partial charge on any atom is -0.392 e. The highest BCUT2D eigenvalue weighted by molar-refractivity contribution is 5.48. The lowest BCUT2D eigenvalue weighted by atomic mass is 10.2. The van der Waals surface area contributed by atoms with Crippen LogP contribution in [0.2, 0.25) is 0 Å². The molecule has 0 spiro atoms. The second-order valence-corrected chi connectivity index (χ2v) is 1.92. The van der Waals surface area contributed by atoms with Crippen molar-refractivity contribution in [3.63, 3.8) is 0 Å². The third kappa shape index (κ3) is 2.03. The van der Waals surface area contributed by atoms with Crippen LogP contribution in [0.3, 0.4) is 0 Å². The van der Waals surface area contributed by atoms with Crippen molar-refractivity contribution in [3.8, 4) is 0 Å². The van der Waals surface area contributed by atoms with Gasteiger partial charge < -0.3 is 5.11 Å². The molecule has 0 aliphatic rings. The molecule has 0 heterocycles. The first-order valence-electron chi connectivity index (χ1n) is 3.66. The zero-order valence-electron chi connectivity index (χ0n) is 6.62. The van der Waals surface area contributed by atoms with E-state index in [1.54, 1.807) is 6.08 Å². The van der Waals surface area contributed by atoms with Gasteiger partial charge in [-0.3, -0.25) is 0 Å². The summed E-state index contributed by atoms with van der Waals surface area (Å²) in [5.41, 5.74) is 0.951. The van der Waals surface area contributed by atoms with Crippen molar-refractivity contribution in [2.45, 2.75) is 0 Å². The fourth-order valence-electron chi connectivity index (χ4n) is 0.713. The van der Waals surface area contributed by atoms with Crippen molar-refractivity contribution in [2.75, 3.05) is 6.61 Å². The Labute approximate surface area is 62.0 Å². The third-order valence-electron chi connectivity index (χ3n) is 1.16. The Morgan fingerprint density at radius 1 is 1.40 bits per heavy atom. The monoisotopic (exact) mass is 135 g/mol. The molecule has 0 aliphatic carbocycles. The van der Waals surface area contributed by atoms with Crippen LogP contribution >= 0.6 is 0 Å². The van der Waals surface area contributed by atoms with Gasteiger partial charge in [-0.25, -0.2) is 0 Å². The van der Waals surface area contributed by atoms with Gasteiger partial charge in [0.25, 0.3) is 0 Å². The Kier molecular flexibility index (Phi) is 2.19. The van der Waals surface area contributed by atoms with Gasteiger partial charge in [0.05, 0.1) is 7.98 Å². The fraction of sp³-hybridized carbons (Fsp3) is 0.111. The van der Waals surface area contributed by atoms with E-state index in [4.69, 9.17) is 6.48 Å². The van der Waals surface area contributed by atoms with Gasteiger partial charge in [0.15, 0.2) is 0 Å². The van der Waals surface area contributed by atoms with E-state index in [0.29, 0.717) is 0 Å². The summed E-state index contributed by atoms with van der Waals surface area (Å²) >= 11 is 0. The summed E-state index contributed by atoms with van der Waals surface area (Å²) in [6.45, 7) is -0.200. The summed E-state index contributed by atoms with van der Waals surface area (Å²) in [5.74, 6) is 0. The predicted molar refractivity (Wildman–Crippen MR) is 42.6 cm³/mol. The van der Waals surface area contributed by atoms with Crippen molar-refractivity contribution in [2.24, 2.45) is 0 Å². The summed E-state index contributed by atoms with van der Waals surface area (Å²) < 4.78 is 7.17. The maximum Gasteiger partial charge on any atom is 0.0615 e. The molecular weight excluding hydrogens is 124 g/mol. The highest BCUT2D eigenvalue weighted by Crippen LogP contribution is 1.99. The Bertz CT molecular complexity index is 241. The molecule has 0 radical (unpaired) electrons. The summed E-state index contributed by atoms with van der Waals surface area (Å²) in [6, 6.07) is 9.73. The van der Waals surface area contributed by atoms with Crippen LogP contribution in [0.4, 0.5) is 0 Å². The van der Waals surface area contributed by atoms with E-state index in [1.165, 1.54) is 0 Å². The van der Waals surface area contributed by atoms with Crippen LogP contribution in [0.15, 0.2) is 36.4 Å². The molecule has 1 N–H and O–H groups in total. The molecule has 0 atom stereocenters. The van der Waals surface area contributed by atoms with Gasteiger partial charge in [0, 0.05) is 0 Å². The average Bonchev–Trinajstić information content (AvgIpc) is 2.06. The van der Waals surface area contributed by atoms with Crippen LogP contribution in [0.1, 0.15) is 6.93 Å². The van der Waals surface area contributed by atoms with Gasteiger partial charge in [-0.1, -0.05) is 42.5 Å². The second-order valence-electron chi connectivity index (χ2n) is 1.92. The van der Waals surface area contributed by atoms with E-state index in [2.05, 4.69) is 0 Å². The third-order valence-corrected chi connectivity index (χ3v) is 1.16. The zero-order valence-corrected chi connectivity index (χ0v) is 5.62. The van der Waals surface area contributed by atoms with E-state index < -0.39 is 0 Å². The van der Waals surface area contributed by atoms with E-state index in [1.807, 2.05) is 30.3 Å². The minimum absolute atomic E-state index is 0.200. The maximum absolute atomic E-state index is 8.54. The number of benzene rings is 1. The van der Waals surface area contributed by atoms with E-state index in [9.17, 15) is 0 Å². The second kappa shape index (κ2) is 3.85. The molecule has 0 aromatic heterocycles. The molecule has 1 rings (SSSR count). The molecule has 0 amide bonds. The number of hydrogen-bond acceptors (Lipinski definition) is 1. The van der Waals surface area contributed by atoms with Crippen molar-refractivity contribution in [1.29, 1.82) is 0 Å². The van der Waals surface area contributed by atoms with Crippen LogP contribution < -0.4 is 0 Å². The van der Waals surface area contributed by atoms with Crippen molar-refractivity contribution < 1.29 is 6.48 Å². The topological polar surface area (TPSA) is 20.2 Å². The molecule has 0 aliphatic heterocycles. The first-order valence-corrected chi connectivity index (χ1v) is 3.16. The lowest BCUT2D eigenvalue weighted by molar-refractivity contribution is 0.343. The number of rotatable bonds is 2. The number of aliphatic hydroxyl groups is 1. The molecular formula is C9H10O. The lowest BCUT2D eigenvalue weighted by Crippen LogP contribution is -1.72. The van der Waals surface area contributed by atoms with Crippen LogP contribution in [0.5, 0.6) is 0 Å². The van der Waals surface area contributed by atoms with Crippen molar-refractivity contribution in [1.82, 2.24) is 0 Å². The molecule has 1 aromatic rings. The van der Waals surface area contributed by atoms with Gasteiger partial charge in [0.2, 0.25) is 0 Å². The summed E-state index contributed by atoms with van der Waals surface area (Å²) in [5, 5.41) is 8.54. The van der Waals surface area contributed by atoms with Crippen LogP contribution in [0, 0.1) is 0 Å². The minimum atomic E-state index is -0.200. The van der Waals surface area contributed by atoms with E-state index >= 15 is 0 Å². The smallest absolute Gasteiger partial charge is 0.0615 e. The maximum atomic E-state index is 8.54. The van der Waals surface area contributed by atoms with Gasteiger partial charge in [-0.15, -0.1) is 0 Å². The standard InChI is InChI=1S/C9H10O/c10-8-4-7-9-5-2-1-3-6-9/h1-7,10H,8H2/b7-4+/i4D. The number of hydrogen-bond donors (Lipinski definition) is 1. The summed E-state index contributed by atoms with van der Waals surface area (Å²) in [6.07, 6.45) is 1.64. The zero-order chi connectivity index (χ0) is 8.10. The quantitative estimate of drug-likeness (QED) is 0.654. The van der Waals surface area contributed by atoms with Crippen LogP contribution in [0.25, 0.3) is 6.08 Å². The van der Waals surface area contributed by atoms with Gasteiger partial charge in [-0.2, -0.15) is 0 Å². The Morgan fingerprint density at radius 3 is 2.70 bits per heavy atom. The van der Waals surface area contributed by atoms with E-state index in [-0.39, 0.29) is 12.7 Å². The van der Waals surface area contributed by atoms with Gasteiger partial charge in [-0.05, 0) is 5.56 Å². The van der Waals surface area contributed by atoms with E-state index in [0.717, 1.165) is 5.56 Å². The first-order chi connectivity index (χ1) is 5.33. The van der Waals surface area contributed by atoms with Gasteiger partial charge >= 0.3 is 0 Å². The molecule has 0 fully saturated rings. The Morgan fingerprint density at radius 2 is 2.10 bits per heavy atom. The lowest BCUT2D eigenvalue weighted by Gasteiger charge is -1.88. The molecule has 1 nitrogen and oxygen atoms in total. The van der Waals surface area contributed by atoms with Crippen LogP contribution in [-0.4, -0.2) is 11.7 Å². The average molecular weight is 135 g/mol.